The van der Waals surface area contributed by atoms with Crippen molar-refractivity contribution in [1.82, 2.24) is 5.32 Å². The lowest BCUT2D eigenvalue weighted by Gasteiger charge is -2.20. The first-order chi connectivity index (χ1) is 11.4. The summed E-state index contributed by atoms with van der Waals surface area (Å²) in [5.41, 5.74) is 7.07. The van der Waals surface area contributed by atoms with Crippen LogP contribution in [0.3, 0.4) is 0 Å². The molecule has 0 aliphatic heterocycles. The van der Waals surface area contributed by atoms with Gasteiger partial charge in [0.05, 0.1) is 10.9 Å². The highest BCUT2D eigenvalue weighted by Crippen LogP contribution is 2.24. The van der Waals surface area contributed by atoms with Crippen LogP contribution < -0.4 is 11.1 Å². The standard InChI is InChI=1S/C18H22N2O3S/c1-24(22,23)16-10-5-9-15(13-16)18(14-7-3-2-4-8-14)20-17(21)11-6-12-19/h2-5,7-10,13,18H,6,11-12,19H2,1H3,(H,20,21). The Hall–Kier alpha value is -2.18. The Balaban J connectivity index is 2.38. The smallest absolute Gasteiger partial charge is 0.220 e. The number of nitrogens with one attached hydrogen (secondary N) is 1. The summed E-state index contributed by atoms with van der Waals surface area (Å²) in [6.45, 7) is 0.451. The molecule has 2 aromatic rings. The minimum absolute atomic E-state index is 0.112. The number of hydrogen-bond donors (Lipinski definition) is 2. The second-order valence-electron chi connectivity index (χ2n) is 5.65. The third-order valence-electron chi connectivity index (χ3n) is 3.67. The molecule has 0 fully saturated rings. The lowest BCUT2D eigenvalue weighted by atomic mass is 9.98. The zero-order valence-corrected chi connectivity index (χ0v) is 14.4. The molecule has 6 heteroatoms. The molecule has 0 bridgehead atoms. The van der Waals surface area contributed by atoms with Gasteiger partial charge in [-0.3, -0.25) is 4.79 Å². The van der Waals surface area contributed by atoms with Crippen molar-refractivity contribution in [3.8, 4) is 0 Å². The highest BCUT2D eigenvalue weighted by Gasteiger charge is 2.18. The maximum atomic E-state index is 12.2. The predicted molar refractivity (Wildman–Crippen MR) is 94.3 cm³/mol. The fraction of sp³-hybridized carbons (Fsp3) is 0.278. The van der Waals surface area contributed by atoms with Crippen LogP contribution in [0.1, 0.15) is 30.0 Å². The lowest BCUT2D eigenvalue weighted by Crippen LogP contribution is -2.29. The van der Waals surface area contributed by atoms with Gasteiger partial charge in [-0.2, -0.15) is 0 Å². The van der Waals surface area contributed by atoms with Crippen LogP contribution in [0.2, 0.25) is 0 Å². The summed E-state index contributed by atoms with van der Waals surface area (Å²) in [7, 11) is -3.31. The highest BCUT2D eigenvalue weighted by atomic mass is 32.2. The van der Waals surface area contributed by atoms with Crippen molar-refractivity contribution in [1.29, 1.82) is 0 Å². The highest BCUT2D eigenvalue weighted by molar-refractivity contribution is 7.90. The molecule has 0 aromatic heterocycles. The molecule has 0 heterocycles. The number of hydrogen-bond acceptors (Lipinski definition) is 4. The number of rotatable bonds is 7. The van der Waals surface area contributed by atoms with E-state index in [4.69, 9.17) is 5.73 Å². The van der Waals surface area contributed by atoms with Crippen molar-refractivity contribution >= 4 is 15.7 Å². The van der Waals surface area contributed by atoms with Gasteiger partial charge >= 0.3 is 0 Å². The van der Waals surface area contributed by atoms with Crippen molar-refractivity contribution in [3.05, 3.63) is 65.7 Å². The van der Waals surface area contributed by atoms with Crippen molar-refractivity contribution in [2.24, 2.45) is 5.73 Å². The van der Waals surface area contributed by atoms with Crippen molar-refractivity contribution in [2.75, 3.05) is 12.8 Å². The van der Waals surface area contributed by atoms with Crippen LogP contribution in [0.15, 0.2) is 59.5 Å². The van der Waals surface area contributed by atoms with Crippen molar-refractivity contribution in [3.63, 3.8) is 0 Å². The Morgan fingerprint density at radius 3 is 2.38 bits per heavy atom. The number of benzene rings is 2. The third-order valence-corrected chi connectivity index (χ3v) is 4.78. The van der Waals surface area contributed by atoms with E-state index in [2.05, 4.69) is 5.32 Å². The monoisotopic (exact) mass is 346 g/mol. The zero-order valence-electron chi connectivity index (χ0n) is 13.6. The molecule has 0 saturated carbocycles. The molecule has 2 aromatic carbocycles. The first-order valence-corrected chi connectivity index (χ1v) is 9.65. The van der Waals surface area contributed by atoms with E-state index in [0.29, 0.717) is 19.4 Å². The van der Waals surface area contributed by atoms with Gasteiger partial charge < -0.3 is 11.1 Å². The fourth-order valence-corrected chi connectivity index (χ4v) is 3.10. The van der Waals surface area contributed by atoms with Crippen LogP contribution in [0.5, 0.6) is 0 Å². The zero-order chi connectivity index (χ0) is 17.6. The summed E-state index contributed by atoms with van der Waals surface area (Å²) < 4.78 is 23.6. The van der Waals surface area contributed by atoms with Crippen LogP contribution in [0.25, 0.3) is 0 Å². The Morgan fingerprint density at radius 1 is 1.08 bits per heavy atom. The molecule has 5 nitrogen and oxygen atoms in total. The van der Waals surface area contributed by atoms with E-state index in [-0.39, 0.29) is 10.8 Å². The Kier molecular flexibility index (Phi) is 6.11. The van der Waals surface area contributed by atoms with Gasteiger partial charge in [0, 0.05) is 12.7 Å². The van der Waals surface area contributed by atoms with E-state index >= 15 is 0 Å². The Labute approximate surface area is 142 Å². The molecule has 1 atom stereocenters. The minimum atomic E-state index is -3.31. The summed E-state index contributed by atoms with van der Waals surface area (Å²) >= 11 is 0. The van der Waals surface area contributed by atoms with E-state index in [1.807, 2.05) is 36.4 Å². The van der Waals surface area contributed by atoms with Crippen molar-refractivity contribution < 1.29 is 13.2 Å². The molecule has 0 aliphatic carbocycles. The first kappa shape index (κ1) is 18.2. The van der Waals surface area contributed by atoms with Crippen LogP contribution in [-0.2, 0) is 14.6 Å². The fourth-order valence-electron chi connectivity index (χ4n) is 2.43. The average Bonchev–Trinajstić information content (AvgIpc) is 2.58. The second-order valence-corrected chi connectivity index (χ2v) is 7.66. The van der Waals surface area contributed by atoms with Crippen LogP contribution >= 0.6 is 0 Å². The van der Waals surface area contributed by atoms with Gasteiger partial charge in [0.15, 0.2) is 9.84 Å². The van der Waals surface area contributed by atoms with Gasteiger partial charge in [0.2, 0.25) is 5.91 Å². The molecule has 24 heavy (non-hydrogen) atoms. The van der Waals surface area contributed by atoms with E-state index in [1.54, 1.807) is 18.2 Å². The SMILES string of the molecule is CS(=O)(=O)c1cccc(C(NC(=O)CCCN)c2ccccc2)c1. The predicted octanol–water partition coefficient (Wildman–Crippen LogP) is 2.03. The molecule has 0 saturated heterocycles. The number of carbonyl (C=O) groups is 1. The van der Waals surface area contributed by atoms with Gasteiger partial charge in [-0.25, -0.2) is 8.42 Å². The number of carbonyl (C=O) groups excluding carboxylic acids is 1. The van der Waals surface area contributed by atoms with E-state index in [9.17, 15) is 13.2 Å². The molecule has 128 valence electrons. The molecule has 0 radical (unpaired) electrons. The normalized spacial score (nSPS) is 12.6. The maximum absolute atomic E-state index is 12.2. The summed E-state index contributed by atoms with van der Waals surface area (Å²) in [6.07, 6.45) is 2.12. The van der Waals surface area contributed by atoms with Gasteiger partial charge in [0.1, 0.15) is 0 Å². The molecular formula is C18H22N2O3S. The van der Waals surface area contributed by atoms with Crippen LogP contribution in [0.4, 0.5) is 0 Å². The van der Waals surface area contributed by atoms with Gasteiger partial charge in [-0.05, 0) is 36.2 Å². The maximum Gasteiger partial charge on any atom is 0.220 e. The average molecular weight is 346 g/mol. The second kappa shape index (κ2) is 8.08. The molecule has 1 unspecified atom stereocenters. The number of amides is 1. The molecule has 0 spiro atoms. The molecule has 2 rings (SSSR count). The van der Waals surface area contributed by atoms with Gasteiger partial charge in [-0.15, -0.1) is 0 Å². The van der Waals surface area contributed by atoms with E-state index in [1.165, 1.54) is 6.26 Å². The largest absolute Gasteiger partial charge is 0.345 e. The van der Waals surface area contributed by atoms with Crippen LogP contribution in [-0.4, -0.2) is 27.1 Å². The number of nitrogens with two attached hydrogens (primary N) is 1. The summed E-state index contributed by atoms with van der Waals surface area (Å²) in [6, 6.07) is 15.7. The van der Waals surface area contributed by atoms with Crippen LogP contribution in [0, 0.1) is 0 Å². The van der Waals surface area contributed by atoms with Gasteiger partial charge in [0.25, 0.3) is 0 Å². The van der Waals surface area contributed by atoms with E-state index in [0.717, 1.165) is 11.1 Å². The van der Waals surface area contributed by atoms with E-state index < -0.39 is 15.9 Å². The summed E-state index contributed by atoms with van der Waals surface area (Å²) in [4.78, 5) is 12.4. The number of sulfone groups is 1. The Morgan fingerprint density at radius 2 is 1.75 bits per heavy atom. The topological polar surface area (TPSA) is 89.3 Å². The molecule has 3 N–H and O–H groups in total. The molecule has 1 amide bonds. The van der Waals surface area contributed by atoms with Crippen molar-refractivity contribution in [2.45, 2.75) is 23.8 Å². The minimum Gasteiger partial charge on any atom is -0.345 e. The third kappa shape index (κ3) is 4.91. The Bertz CT molecular complexity index is 789. The lowest BCUT2D eigenvalue weighted by molar-refractivity contribution is -0.121. The first-order valence-electron chi connectivity index (χ1n) is 7.76. The molecule has 0 aliphatic rings. The summed E-state index contributed by atoms with van der Waals surface area (Å²) in [5.74, 6) is -0.112. The molecular weight excluding hydrogens is 324 g/mol. The van der Waals surface area contributed by atoms with Gasteiger partial charge in [-0.1, -0.05) is 42.5 Å². The summed E-state index contributed by atoms with van der Waals surface area (Å²) in [5, 5.41) is 2.97. The quantitative estimate of drug-likeness (QED) is 0.803.